The molecule has 0 aliphatic carbocycles. The predicted molar refractivity (Wildman–Crippen MR) is 166 cm³/mol. The number of sulfonamides is 1. The third-order valence-electron chi connectivity index (χ3n) is 9.20. The van der Waals surface area contributed by atoms with Crippen molar-refractivity contribution in [3.8, 4) is 0 Å². The molecule has 3 aliphatic rings. The van der Waals surface area contributed by atoms with Crippen LogP contribution in [0, 0.1) is 13.8 Å². The number of nitrogens with one attached hydrogen (secondary N) is 2. The molecule has 6 rings (SSSR count). The van der Waals surface area contributed by atoms with Crippen molar-refractivity contribution in [3.63, 3.8) is 0 Å². The fourth-order valence-electron chi connectivity index (χ4n) is 6.34. The molecule has 3 aromatic rings. The van der Waals surface area contributed by atoms with Crippen molar-refractivity contribution < 1.29 is 27.5 Å². The first-order valence-electron chi connectivity index (χ1n) is 14.8. The molecule has 2 saturated heterocycles. The molecule has 44 heavy (non-hydrogen) atoms. The number of alkyl halides is 1. The molecule has 0 atom stereocenters. The SMILES string of the molecule is Cc1cc(C(=O)N2CCC(O)(CF)CC2)cc(C)c1/C=C/S(=O)(=O)N1CCC2(CC1)N=C(c1ccc3cc[nH]c3c1)NC2=O. The van der Waals surface area contributed by atoms with E-state index in [2.05, 4.69) is 10.3 Å². The van der Waals surface area contributed by atoms with Crippen molar-refractivity contribution in [3.05, 3.63) is 75.8 Å². The summed E-state index contributed by atoms with van der Waals surface area (Å²) < 4.78 is 41.1. The number of carbonyl (C=O) groups excluding carboxylic acids is 2. The fraction of sp³-hybridized carbons (Fsp3) is 0.406. The lowest BCUT2D eigenvalue weighted by molar-refractivity contribution is -0.124. The van der Waals surface area contributed by atoms with Crippen LogP contribution in [-0.2, 0) is 14.8 Å². The number of aryl methyl sites for hydroxylation is 2. The summed E-state index contributed by atoms with van der Waals surface area (Å²) in [5.41, 5.74) is 2.03. The first-order valence-corrected chi connectivity index (χ1v) is 16.3. The second-order valence-corrected chi connectivity index (χ2v) is 14.0. The third kappa shape index (κ3) is 5.57. The summed E-state index contributed by atoms with van der Waals surface area (Å²) >= 11 is 0. The quantitative estimate of drug-likeness (QED) is 0.388. The third-order valence-corrected chi connectivity index (χ3v) is 10.8. The van der Waals surface area contributed by atoms with Crippen molar-refractivity contribution >= 4 is 44.7 Å². The predicted octanol–water partition coefficient (Wildman–Crippen LogP) is 3.43. The van der Waals surface area contributed by atoms with E-state index < -0.39 is 27.8 Å². The highest BCUT2D eigenvalue weighted by molar-refractivity contribution is 7.92. The number of benzene rings is 2. The van der Waals surface area contributed by atoms with Gasteiger partial charge in [0.15, 0.2) is 0 Å². The van der Waals surface area contributed by atoms with Crippen LogP contribution in [0.15, 0.2) is 53.0 Å². The summed E-state index contributed by atoms with van der Waals surface area (Å²) in [4.78, 5) is 35.7. The molecule has 2 aromatic carbocycles. The van der Waals surface area contributed by atoms with Crippen molar-refractivity contribution in [1.82, 2.24) is 19.5 Å². The van der Waals surface area contributed by atoms with Crippen molar-refractivity contribution in [2.45, 2.75) is 50.7 Å². The minimum atomic E-state index is -3.78. The molecule has 2 amide bonds. The largest absolute Gasteiger partial charge is 0.387 e. The van der Waals surface area contributed by atoms with E-state index in [0.29, 0.717) is 17.0 Å². The van der Waals surface area contributed by atoms with E-state index in [1.54, 1.807) is 23.1 Å². The number of fused-ring (bicyclic) bond motifs is 1. The first-order chi connectivity index (χ1) is 20.9. The number of piperidine rings is 2. The molecule has 12 heteroatoms. The van der Waals surface area contributed by atoms with Gasteiger partial charge >= 0.3 is 0 Å². The molecule has 0 unspecified atom stereocenters. The summed E-state index contributed by atoms with van der Waals surface area (Å²) in [7, 11) is -3.78. The van der Waals surface area contributed by atoms with Gasteiger partial charge in [0.05, 0.1) is 5.60 Å². The lowest BCUT2D eigenvalue weighted by atomic mass is 9.89. The molecular formula is C32H36FN5O5S. The number of likely N-dealkylation sites (tertiary alicyclic amines) is 1. The number of halogens is 1. The minimum absolute atomic E-state index is 0.158. The summed E-state index contributed by atoms with van der Waals surface area (Å²) in [6, 6.07) is 11.2. The normalized spacial score (nSPS) is 20.4. The van der Waals surface area contributed by atoms with Gasteiger partial charge in [0.2, 0.25) is 10.0 Å². The highest BCUT2D eigenvalue weighted by Gasteiger charge is 2.47. The number of amidine groups is 1. The van der Waals surface area contributed by atoms with Gasteiger partial charge in [-0.1, -0.05) is 12.1 Å². The molecule has 1 spiro atoms. The van der Waals surface area contributed by atoms with E-state index in [1.807, 2.05) is 44.3 Å². The van der Waals surface area contributed by atoms with Crippen LogP contribution in [0.25, 0.3) is 17.0 Å². The van der Waals surface area contributed by atoms with E-state index >= 15 is 0 Å². The zero-order chi connectivity index (χ0) is 31.3. The maximum atomic E-state index is 13.3. The van der Waals surface area contributed by atoms with Gasteiger partial charge in [-0.2, -0.15) is 4.31 Å². The van der Waals surface area contributed by atoms with Crippen molar-refractivity contribution in [2.75, 3.05) is 32.9 Å². The van der Waals surface area contributed by atoms with Crippen LogP contribution < -0.4 is 5.32 Å². The number of nitrogens with zero attached hydrogens (tertiary/aromatic N) is 3. The average Bonchev–Trinajstić information content (AvgIpc) is 3.60. The zero-order valence-electron chi connectivity index (χ0n) is 24.8. The molecule has 232 valence electrons. The molecule has 1 aromatic heterocycles. The van der Waals surface area contributed by atoms with Crippen LogP contribution in [0.5, 0.6) is 0 Å². The number of rotatable bonds is 6. The molecule has 0 bridgehead atoms. The lowest BCUT2D eigenvalue weighted by Gasteiger charge is -2.36. The Morgan fingerprint density at radius 2 is 1.73 bits per heavy atom. The van der Waals surface area contributed by atoms with Gasteiger partial charge in [0.1, 0.15) is 18.0 Å². The topological polar surface area (TPSA) is 135 Å². The van der Waals surface area contributed by atoms with Crippen LogP contribution in [0.3, 0.4) is 0 Å². The van der Waals surface area contributed by atoms with Gasteiger partial charge in [-0.05, 0) is 91.9 Å². The van der Waals surface area contributed by atoms with E-state index in [-0.39, 0.29) is 63.7 Å². The second kappa shape index (κ2) is 11.2. The van der Waals surface area contributed by atoms with Crippen molar-refractivity contribution in [2.24, 2.45) is 4.99 Å². The zero-order valence-corrected chi connectivity index (χ0v) is 25.6. The van der Waals surface area contributed by atoms with Crippen LogP contribution >= 0.6 is 0 Å². The molecule has 4 heterocycles. The maximum Gasteiger partial charge on any atom is 0.253 e. The van der Waals surface area contributed by atoms with E-state index in [1.165, 1.54) is 9.71 Å². The standard InChI is InChI=1S/C32H36FN5O5S/c1-21-17-25(29(39)37-12-7-31(41,20-33)8-13-37)18-22(2)26(21)6-16-44(42,43)38-14-9-32(10-15-38)30(40)35-28(36-32)24-4-3-23-5-11-34-27(23)19-24/h3-6,11,16-19,34,41H,7-10,12-15,20H2,1-2H3,(H,35,36,40)/b16-6+. The minimum Gasteiger partial charge on any atom is -0.387 e. The van der Waals surface area contributed by atoms with Crippen molar-refractivity contribution in [1.29, 1.82) is 0 Å². The van der Waals surface area contributed by atoms with Crippen LogP contribution in [-0.4, -0.2) is 89.4 Å². The number of carbonyl (C=O) groups is 2. The fourth-order valence-corrected chi connectivity index (χ4v) is 7.51. The van der Waals surface area contributed by atoms with Crippen LogP contribution in [0.2, 0.25) is 0 Å². The van der Waals surface area contributed by atoms with Crippen LogP contribution in [0.1, 0.15) is 58.3 Å². The number of aromatic nitrogens is 1. The van der Waals surface area contributed by atoms with Gasteiger partial charge in [-0.15, -0.1) is 0 Å². The number of aliphatic hydroxyl groups is 1. The Kier molecular flexibility index (Phi) is 7.71. The second-order valence-electron chi connectivity index (χ2n) is 12.1. The van der Waals surface area contributed by atoms with Gasteiger partial charge < -0.3 is 20.3 Å². The Morgan fingerprint density at radius 3 is 2.39 bits per heavy atom. The molecule has 10 nitrogen and oxygen atoms in total. The number of hydrogen-bond acceptors (Lipinski definition) is 6. The van der Waals surface area contributed by atoms with Gasteiger partial charge in [-0.25, -0.2) is 12.8 Å². The molecule has 3 aliphatic heterocycles. The molecule has 0 radical (unpaired) electrons. The Morgan fingerprint density at radius 1 is 1.05 bits per heavy atom. The van der Waals surface area contributed by atoms with Gasteiger partial charge in [0, 0.05) is 54.4 Å². The smallest absolute Gasteiger partial charge is 0.253 e. The molecular weight excluding hydrogens is 585 g/mol. The number of aromatic amines is 1. The number of hydrogen-bond donors (Lipinski definition) is 3. The Balaban J connectivity index is 1.12. The van der Waals surface area contributed by atoms with Gasteiger partial charge in [-0.3, -0.25) is 14.6 Å². The first kappa shape index (κ1) is 30.2. The number of aliphatic imine (C=N–C) groups is 1. The average molecular weight is 622 g/mol. The lowest BCUT2D eigenvalue weighted by Crippen LogP contribution is -2.50. The molecule has 2 fully saturated rings. The van der Waals surface area contributed by atoms with Gasteiger partial charge in [0.25, 0.3) is 11.8 Å². The number of amides is 2. The summed E-state index contributed by atoms with van der Waals surface area (Å²) in [5, 5.41) is 15.3. The van der Waals surface area contributed by atoms with E-state index in [0.717, 1.165) is 27.6 Å². The highest BCUT2D eigenvalue weighted by Crippen LogP contribution is 2.33. The summed E-state index contributed by atoms with van der Waals surface area (Å²) in [6.07, 6.45) is 4.32. The van der Waals surface area contributed by atoms with E-state index in [9.17, 15) is 27.5 Å². The molecule has 3 N–H and O–H groups in total. The van der Waals surface area contributed by atoms with Crippen LogP contribution in [0.4, 0.5) is 4.39 Å². The Labute approximate surface area is 255 Å². The summed E-state index contributed by atoms with van der Waals surface area (Å²) in [6.45, 7) is 3.67. The maximum absolute atomic E-state index is 13.3. The monoisotopic (exact) mass is 621 g/mol. The highest BCUT2D eigenvalue weighted by atomic mass is 32.2. The number of H-pyrrole nitrogens is 1. The molecule has 0 saturated carbocycles. The Hall–Kier alpha value is -3.87. The Bertz CT molecular complexity index is 1770. The summed E-state index contributed by atoms with van der Waals surface area (Å²) in [5.74, 6) is 0.0847. The van der Waals surface area contributed by atoms with E-state index in [4.69, 9.17) is 4.99 Å².